The van der Waals surface area contributed by atoms with Gasteiger partial charge in [-0.3, -0.25) is 14.5 Å². The monoisotopic (exact) mass is 214 g/mol. The number of rotatable bonds is 4. The normalized spacial score (nSPS) is 24.7. The van der Waals surface area contributed by atoms with Crippen molar-refractivity contribution in [2.45, 2.75) is 38.8 Å². The highest BCUT2D eigenvalue weighted by Gasteiger charge is 2.31. The SMILES string of the molecule is CCC1C(=O)NCCN1C(C)CC(=O)O. The van der Waals surface area contributed by atoms with Crippen LogP contribution >= 0.6 is 0 Å². The van der Waals surface area contributed by atoms with Gasteiger partial charge in [0.05, 0.1) is 12.5 Å². The lowest BCUT2D eigenvalue weighted by Crippen LogP contribution is -2.57. The summed E-state index contributed by atoms with van der Waals surface area (Å²) in [7, 11) is 0. The Kier molecular flexibility index (Phi) is 4.08. The average molecular weight is 214 g/mol. The highest BCUT2D eigenvalue weighted by molar-refractivity contribution is 5.82. The molecule has 86 valence electrons. The molecule has 0 aromatic heterocycles. The maximum Gasteiger partial charge on any atom is 0.304 e. The van der Waals surface area contributed by atoms with Crippen LogP contribution < -0.4 is 5.32 Å². The molecular weight excluding hydrogens is 196 g/mol. The van der Waals surface area contributed by atoms with Gasteiger partial charge in [0.15, 0.2) is 0 Å². The van der Waals surface area contributed by atoms with Crippen LogP contribution in [0.4, 0.5) is 0 Å². The molecule has 0 aromatic rings. The molecule has 2 N–H and O–H groups in total. The molecule has 1 aliphatic rings. The maximum atomic E-state index is 11.5. The molecule has 0 aromatic carbocycles. The molecule has 0 spiro atoms. The Morgan fingerprint density at radius 2 is 2.40 bits per heavy atom. The zero-order valence-corrected chi connectivity index (χ0v) is 9.19. The number of nitrogens with zero attached hydrogens (tertiary/aromatic N) is 1. The summed E-state index contributed by atoms with van der Waals surface area (Å²) in [6.45, 7) is 5.14. The van der Waals surface area contributed by atoms with E-state index in [2.05, 4.69) is 5.32 Å². The summed E-state index contributed by atoms with van der Waals surface area (Å²) in [6, 6.07) is -0.258. The first kappa shape index (κ1) is 12.0. The topological polar surface area (TPSA) is 69.6 Å². The lowest BCUT2D eigenvalue weighted by atomic mass is 10.1. The van der Waals surface area contributed by atoms with Crippen molar-refractivity contribution in [1.29, 1.82) is 0 Å². The zero-order chi connectivity index (χ0) is 11.4. The summed E-state index contributed by atoms with van der Waals surface area (Å²) >= 11 is 0. The maximum absolute atomic E-state index is 11.5. The minimum Gasteiger partial charge on any atom is -0.481 e. The van der Waals surface area contributed by atoms with Gasteiger partial charge in [-0.1, -0.05) is 6.92 Å². The lowest BCUT2D eigenvalue weighted by molar-refractivity contribution is -0.140. The van der Waals surface area contributed by atoms with Gasteiger partial charge in [-0.2, -0.15) is 0 Å². The number of carboxylic acids is 1. The number of amides is 1. The summed E-state index contributed by atoms with van der Waals surface area (Å²) < 4.78 is 0. The van der Waals surface area contributed by atoms with Crippen molar-refractivity contribution < 1.29 is 14.7 Å². The van der Waals surface area contributed by atoms with Gasteiger partial charge in [-0.15, -0.1) is 0 Å². The third-order valence-electron chi connectivity index (χ3n) is 2.80. The van der Waals surface area contributed by atoms with Crippen LogP contribution in [-0.2, 0) is 9.59 Å². The van der Waals surface area contributed by atoms with Crippen molar-refractivity contribution in [3.63, 3.8) is 0 Å². The predicted molar refractivity (Wildman–Crippen MR) is 55.5 cm³/mol. The molecule has 1 fully saturated rings. The van der Waals surface area contributed by atoms with E-state index >= 15 is 0 Å². The van der Waals surface area contributed by atoms with E-state index in [1.807, 2.05) is 18.7 Å². The summed E-state index contributed by atoms with van der Waals surface area (Å²) in [5.41, 5.74) is 0. The third-order valence-corrected chi connectivity index (χ3v) is 2.80. The molecule has 2 atom stereocenters. The number of piperazine rings is 1. The van der Waals surface area contributed by atoms with Gasteiger partial charge in [0.1, 0.15) is 0 Å². The Morgan fingerprint density at radius 1 is 1.73 bits per heavy atom. The number of carbonyl (C=O) groups excluding carboxylic acids is 1. The Labute approximate surface area is 89.4 Å². The van der Waals surface area contributed by atoms with E-state index in [4.69, 9.17) is 5.11 Å². The van der Waals surface area contributed by atoms with Gasteiger partial charge in [0, 0.05) is 19.1 Å². The highest BCUT2D eigenvalue weighted by Crippen LogP contribution is 2.14. The largest absolute Gasteiger partial charge is 0.481 e. The average Bonchev–Trinajstić information content (AvgIpc) is 2.16. The van der Waals surface area contributed by atoms with Crippen LogP contribution in [0.5, 0.6) is 0 Å². The van der Waals surface area contributed by atoms with E-state index in [-0.39, 0.29) is 24.4 Å². The molecule has 0 bridgehead atoms. The summed E-state index contributed by atoms with van der Waals surface area (Å²) in [6.07, 6.45) is 0.805. The molecule has 0 aliphatic carbocycles. The Hall–Kier alpha value is -1.10. The first-order valence-corrected chi connectivity index (χ1v) is 5.31. The lowest BCUT2D eigenvalue weighted by Gasteiger charge is -2.38. The number of carboxylic acid groups (broad SMARTS) is 1. The molecule has 1 aliphatic heterocycles. The van der Waals surface area contributed by atoms with E-state index in [0.717, 1.165) is 13.0 Å². The third kappa shape index (κ3) is 2.92. The molecule has 1 rings (SSSR count). The van der Waals surface area contributed by atoms with Crippen molar-refractivity contribution in [2.75, 3.05) is 13.1 Å². The van der Waals surface area contributed by atoms with Crippen LogP contribution in [0.2, 0.25) is 0 Å². The van der Waals surface area contributed by atoms with Crippen molar-refractivity contribution in [3.8, 4) is 0 Å². The number of hydrogen-bond donors (Lipinski definition) is 2. The van der Waals surface area contributed by atoms with E-state index in [1.54, 1.807) is 0 Å². The number of nitrogens with one attached hydrogen (secondary N) is 1. The first-order valence-electron chi connectivity index (χ1n) is 5.31. The first-order chi connectivity index (χ1) is 7.06. The van der Waals surface area contributed by atoms with Crippen LogP contribution in [0.1, 0.15) is 26.7 Å². The molecule has 1 heterocycles. The van der Waals surface area contributed by atoms with E-state index < -0.39 is 5.97 Å². The molecule has 2 unspecified atom stereocenters. The van der Waals surface area contributed by atoms with Gasteiger partial charge in [-0.05, 0) is 13.3 Å². The van der Waals surface area contributed by atoms with Gasteiger partial charge in [0.2, 0.25) is 5.91 Å². The van der Waals surface area contributed by atoms with Gasteiger partial charge in [-0.25, -0.2) is 0 Å². The summed E-state index contributed by atoms with van der Waals surface area (Å²) in [5, 5.41) is 11.5. The fraction of sp³-hybridized carbons (Fsp3) is 0.800. The Bertz CT molecular complexity index is 255. The second kappa shape index (κ2) is 5.11. The zero-order valence-electron chi connectivity index (χ0n) is 9.19. The fourth-order valence-corrected chi connectivity index (χ4v) is 2.05. The van der Waals surface area contributed by atoms with Gasteiger partial charge in [0.25, 0.3) is 0 Å². The highest BCUT2D eigenvalue weighted by atomic mass is 16.4. The smallest absolute Gasteiger partial charge is 0.304 e. The minimum atomic E-state index is -0.816. The van der Waals surface area contributed by atoms with Gasteiger partial charge < -0.3 is 10.4 Å². The van der Waals surface area contributed by atoms with E-state index in [9.17, 15) is 9.59 Å². The molecule has 5 heteroatoms. The van der Waals surface area contributed by atoms with Crippen molar-refractivity contribution in [2.24, 2.45) is 0 Å². The van der Waals surface area contributed by atoms with Crippen LogP contribution in [0, 0.1) is 0 Å². The molecule has 15 heavy (non-hydrogen) atoms. The van der Waals surface area contributed by atoms with Crippen molar-refractivity contribution in [1.82, 2.24) is 10.2 Å². The quantitative estimate of drug-likeness (QED) is 0.694. The molecular formula is C10H18N2O3. The Morgan fingerprint density at radius 3 is 2.93 bits per heavy atom. The summed E-state index contributed by atoms with van der Waals surface area (Å²) in [5.74, 6) is -0.802. The molecule has 1 saturated heterocycles. The number of aliphatic carboxylic acids is 1. The minimum absolute atomic E-state index is 0.0148. The van der Waals surface area contributed by atoms with E-state index in [0.29, 0.717) is 6.54 Å². The summed E-state index contributed by atoms with van der Waals surface area (Å²) in [4.78, 5) is 24.1. The fourth-order valence-electron chi connectivity index (χ4n) is 2.05. The van der Waals surface area contributed by atoms with Crippen molar-refractivity contribution in [3.05, 3.63) is 0 Å². The van der Waals surface area contributed by atoms with Crippen LogP contribution in [0.3, 0.4) is 0 Å². The van der Waals surface area contributed by atoms with Crippen LogP contribution in [0.15, 0.2) is 0 Å². The second-order valence-corrected chi connectivity index (χ2v) is 3.90. The molecule has 0 saturated carbocycles. The Balaban J connectivity index is 2.64. The standard InChI is InChI=1S/C10H18N2O3/c1-3-8-10(15)11-4-5-12(8)7(2)6-9(13)14/h7-8H,3-6H2,1-2H3,(H,11,15)(H,13,14). The van der Waals surface area contributed by atoms with Crippen LogP contribution in [0.25, 0.3) is 0 Å². The molecule has 1 amide bonds. The second-order valence-electron chi connectivity index (χ2n) is 3.90. The number of carbonyl (C=O) groups is 2. The van der Waals surface area contributed by atoms with Crippen LogP contribution in [-0.4, -0.2) is 47.1 Å². The molecule has 0 radical (unpaired) electrons. The molecule has 5 nitrogen and oxygen atoms in total. The van der Waals surface area contributed by atoms with Gasteiger partial charge >= 0.3 is 5.97 Å². The number of hydrogen-bond acceptors (Lipinski definition) is 3. The van der Waals surface area contributed by atoms with Crippen molar-refractivity contribution >= 4 is 11.9 Å². The predicted octanol–water partition coefficient (Wildman–Crippen LogP) is 0.0600. The van der Waals surface area contributed by atoms with E-state index in [1.165, 1.54) is 0 Å².